The highest BCUT2D eigenvalue weighted by Gasteiger charge is 2.44. The highest BCUT2D eigenvalue weighted by Crippen LogP contribution is 2.41. The number of hydrogen-bond acceptors (Lipinski definition) is 7. The first-order chi connectivity index (χ1) is 12.2. The smallest absolute Gasteiger partial charge is 0.277 e. The average molecular weight is 350 g/mol. The van der Waals surface area contributed by atoms with Crippen LogP contribution in [0.4, 0.5) is 0 Å². The Morgan fingerprint density at radius 1 is 1.28 bits per heavy atom. The first-order valence-electron chi connectivity index (χ1n) is 9.22. The zero-order valence-corrected chi connectivity index (χ0v) is 14.5. The molecule has 0 aliphatic carbocycles. The van der Waals surface area contributed by atoms with Gasteiger partial charge in [-0.1, -0.05) is 5.16 Å². The molecule has 3 aliphatic heterocycles. The molecule has 8 heteroatoms. The number of amides is 1. The van der Waals surface area contributed by atoms with Gasteiger partial charge in [0.2, 0.25) is 0 Å². The van der Waals surface area contributed by atoms with E-state index in [9.17, 15) is 9.90 Å². The quantitative estimate of drug-likeness (QED) is 0.832. The summed E-state index contributed by atoms with van der Waals surface area (Å²) in [5.41, 5.74) is 0.373. The monoisotopic (exact) mass is 350 g/mol. The Kier molecular flexibility index (Phi) is 4.75. The van der Waals surface area contributed by atoms with Crippen molar-refractivity contribution in [2.45, 2.75) is 44.2 Å². The van der Waals surface area contributed by atoms with E-state index in [0.717, 1.165) is 58.4 Å². The molecule has 4 heterocycles. The van der Waals surface area contributed by atoms with Gasteiger partial charge in [-0.3, -0.25) is 9.69 Å². The number of likely N-dealkylation sites (tertiary alicyclic amines) is 2. The van der Waals surface area contributed by atoms with Crippen LogP contribution in [0, 0.1) is 5.41 Å². The number of β-amino-alcohol motifs (C(OH)–C–C–N with tert-alkyl or cyclic N) is 1. The number of aliphatic hydroxyl groups excluding tert-OH is 1. The van der Waals surface area contributed by atoms with E-state index in [1.807, 2.05) is 4.90 Å². The minimum absolute atomic E-state index is 0.106. The molecule has 25 heavy (non-hydrogen) atoms. The molecule has 0 radical (unpaired) electrons. The van der Waals surface area contributed by atoms with Crippen LogP contribution in [0.25, 0.3) is 0 Å². The SMILES string of the molecule is O=C(c1cnon1)N1CCC2(CC1)CC(O)CN(C1CCOCC1)C2. The Morgan fingerprint density at radius 2 is 2.04 bits per heavy atom. The Balaban J connectivity index is 1.39. The number of carbonyl (C=O) groups excluding carboxylic acids is 1. The van der Waals surface area contributed by atoms with E-state index < -0.39 is 0 Å². The molecule has 0 bridgehead atoms. The Labute approximate surface area is 147 Å². The fraction of sp³-hybridized carbons (Fsp3) is 0.824. The Bertz CT molecular complexity index is 579. The van der Waals surface area contributed by atoms with Crippen LogP contribution >= 0.6 is 0 Å². The molecular formula is C17H26N4O4. The third-order valence-corrected chi connectivity index (χ3v) is 6.05. The van der Waals surface area contributed by atoms with Crippen molar-refractivity contribution < 1.29 is 19.3 Å². The molecule has 3 saturated heterocycles. The average Bonchev–Trinajstić information content (AvgIpc) is 3.17. The zero-order valence-electron chi connectivity index (χ0n) is 14.5. The lowest BCUT2D eigenvalue weighted by atomic mass is 9.71. The van der Waals surface area contributed by atoms with E-state index in [1.165, 1.54) is 6.20 Å². The van der Waals surface area contributed by atoms with Crippen LogP contribution in [0.2, 0.25) is 0 Å². The summed E-state index contributed by atoms with van der Waals surface area (Å²) in [7, 11) is 0. The maximum Gasteiger partial charge on any atom is 0.277 e. The third-order valence-electron chi connectivity index (χ3n) is 6.05. The standard InChI is InChI=1S/C17H26N4O4/c22-14-9-17(12-21(11-14)13-1-7-24-8-2-13)3-5-20(6-4-17)16(23)15-10-18-25-19-15/h10,13-14,22H,1-9,11-12H2. The lowest BCUT2D eigenvalue weighted by Crippen LogP contribution is -2.57. The molecule has 0 aromatic carbocycles. The fourth-order valence-corrected chi connectivity index (χ4v) is 4.69. The molecular weight excluding hydrogens is 324 g/mol. The van der Waals surface area contributed by atoms with Gasteiger partial charge in [0.25, 0.3) is 5.91 Å². The van der Waals surface area contributed by atoms with Crippen molar-refractivity contribution in [3.05, 3.63) is 11.9 Å². The molecule has 138 valence electrons. The zero-order chi connectivity index (χ0) is 17.3. The number of ether oxygens (including phenoxy) is 1. The predicted octanol–water partition coefficient (Wildman–Crippen LogP) is 0.538. The highest BCUT2D eigenvalue weighted by atomic mass is 16.6. The van der Waals surface area contributed by atoms with E-state index in [-0.39, 0.29) is 23.1 Å². The van der Waals surface area contributed by atoms with E-state index in [4.69, 9.17) is 4.74 Å². The molecule has 1 amide bonds. The summed E-state index contributed by atoms with van der Waals surface area (Å²) in [5, 5.41) is 17.6. The summed E-state index contributed by atoms with van der Waals surface area (Å²) in [5.74, 6) is -0.117. The van der Waals surface area contributed by atoms with Gasteiger partial charge in [-0.25, -0.2) is 4.63 Å². The van der Waals surface area contributed by atoms with Gasteiger partial charge >= 0.3 is 0 Å². The van der Waals surface area contributed by atoms with Gasteiger partial charge in [-0.15, -0.1) is 0 Å². The second-order valence-corrected chi connectivity index (χ2v) is 7.72. The number of aliphatic hydroxyl groups is 1. The van der Waals surface area contributed by atoms with Gasteiger partial charge in [-0.05, 0) is 42.7 Å². The van der Waals surface area contributed by atoms with Crippen molar-refractivity contribution in [1.29, 1.82) is 0 Å². The van der Waals surface area contributed by atoms with Crippen molar-refractivity contribution in [3.8, 4) is 0 Å². The van der Waals surface area contributed by atoms with Crippen molar-refractivity contribution in [1.82, 2.24) is 20.1 Å². The molecule has 1 atom stereocenters. The molecule has 1 N–H and O–H groups in total. The number of hydrogen-bond donors (Lipinski definition) is 1. The van der Waals surface area contributed by atoms with Crippen LogP contribution in [0.15, 0.2) is 10.8 Å². The molecule has 3 aliphatic rings. The minimum atomic E-state index is -0.279. The largest absolute Gasteiger partial charge is 0.392 e. The first kappa shape index (κ1) is 16.9. The van der Waals surface area contributed by atoms with Gasteiger partial charge in [0.05, 0.1) is 6.10 Å². The maximum absolute atomic E-state index is 12.4. The molecule has 1 aromatic rings. The van der Waals surface area contributed by atoms with Gasteiger partial charge in [-0.2, -0.15) is 0 Å². The van der Waals surface area contributed by atoms with Gasteiger partial charge in [0.1, 0.15) is 6.20 Å². The van der Waals surface area contributed by atoms with Gasteiger partial charge in [0, 0.05) is 45.4 Å². The molecule has 3 fully saturated rings. The summed E-state index contributed by atoms with van der Waals surface area (Å²) in [6.07, 6.45) is 5.85. The van der Waals surface area contributed by atoms with Crippen LogP contribution < -0.4 is 0 Å². The van der Waals surface area contributed by atoms with Gasteiger partial charge < -0.3 is 14.7 Å². The summed E-state index contributed by atoms with van der Waals surface area (Å²) in [6.45, 7) is 4.80. The number of nitrogens with zero attached hydrogens (tertiary/aromatic N) is 4. The number of aromatic nitrogens is 2. The first-order valence-corrected chi connectivity index (χ1v) is 9.22. The summed E-state index contributed by atoms with van der Waals surface area (Å²) in [6, 6.07) is 0.515. The fourth-order valence-electron chi connectivity index (χ4n) is 4.69. The summed E-state index contributed by atoms with van der Waals surface area (Å²) >= 11 is 0. The summed E-state index contributed by atoms with van der Waals surface area (Å²) in [4.78, 5) is 16.7. The molecule has 1 unspecified atom stereocenters. The van der Waals surface area contributed by atoms with Crippen molar-refractivity contribution >= 4 is 5.91 Å². The van der Waals surface area contributed by atoms with E-state index >= 15 is 0 Å². The van der Waals surface area contributed by atoms with E-state index in [0.29, 0.717) is 19.1 Å². The molecule has 8 nitrogen and oxygen atoms in total. The lowest BCUT2D eigenvalue weighted by Gasteiger charge is -2.51. The lowest BCUT2D eigenvalue weighted by molar-refractivity contribution is -0.0695. The summed E-state index contributed by atoms with van der Waals surface area (Å²) < 4.78 is 10.0. The van der Waals surface area contributed by atoms with E-state index in [2.05, 4.69) is 19.8 Å². The van der Waals surface area contributed by atoms with Crippen LogP contribution in [-0.2, 0) is 4.74 Å². The van der Waals surface area contributed by atoms with Crippen LogP contribution in [0.1, 0.15) is 42.6 Å². The van der Waals surface area contributed by atoms with Crippen LogP contribution in [-0.4, -0.2) is 82.7 Å². The Hall–Kier alpha value is -1.51. The number of carbonyl (C=O) groups is 1. The number of rotatable bonds is 2. The minimum Gasteiger partial charge on any atom is -0.392 e. The van der Waals surface area contributed by atoms with Crippen molar-refractivity contribution in [2.75, 3.05) is 39.4 Å². The molecule has 1 spiro atoms. The normalized spacial score (nSPS) is 28.4. The van der Waals surface area contributed by atoms with E-state index in [1.54, 1.807) is 0 Å². The highest BCUT2D eigenvalue weighted by molar-refractivity contribution is 5.91. The molecule has 4 rings (SSSR count). The van der Waals surface area contributed by atoms with Crippen LogP contribution in [0.5, 0.6) is 0 Å². The van der Waals surface area contributed by atoms with Crippen LogP contribution in [0.3, 0.4) is 0 Å². The topological polar surface area (TPSA) is 91.9 Å². The second kappa shape index (κ2) is 7.01. The number of piperidine rings is 2. The predicted molar refractivity (Wildman–Crippen MR) is 87.9 cm³/mol. The second-order valence-electron chi connectivity index (χ2n) is 7.72. The van der Waals surface area contributed by atoms with Gasteiger partial charge in [0.15, 0.2) is 5.69 Å². The van der Waals surface area contributed by atoms with Crippen molar-refractivity contribution in [3.63, 3.8) is 0 Å². The maximum atomic E-state index is 12.4. The molecule has 1 aromatic heterocycles. The third kappa shape index (κ3) is 3.56. The Morgan fingerprint density at radius 3 is 2.72 bits per heavy atom. The van der Waals surface area contributed by atoms with Crippen molar-refractivity contribution in [2.24, 2.45) is 5.41 Å². The molecule has 0 saturated carbocycles.